The zero-order chi connectivity index (χ0) is 12.0. The van der Waals surface area contributed by atoms with Gasteiger partial charge in [-0.2, -0.15) is 0 Å². The summed E-state index contributed by atoms with van der Waals surface area (Å²) in [5.41, 5.74) is 0. The molecule has 1 aromatic heterocycles. The quantitative estimate of drug-likeness (QED) is 0.841. The Bertz CT molecular complexity index is 427. The van der Waals surface area contributed by atoms with Crippen LogP contribution >= 0.6 is 0 Å². The zero-order valence-electron chi connectivity index (χ0n) is 10.3. The Morgan fingerprint density at radius 3 is 2.53 bits per heavy atom. The first-order valence-corrected chi connectivity index (χ1v) is 6.36. The van der Waals surface area contributed by atoms with Crippen LogP contribution in [0.1, 0.15) is 49.1 Å². The maximum atomic E-state index is 12.2. The van der Waals surface area contributed by atoms with Gasteiger partial charge in [0.1, 0.15) is 5.82 Å². The van der Waals surface area contributed by atoms with Crippen LogP contribution in [0.3, 0.4) is 0 Å². The molecule has 2 aliphatic rings. The van der Waals surface area contributed by atoms with Gasteiger partial charge in [0.15, 0.2) is 0 Å². The number of nitrogens with zero attached hydrogens (tertiary/aromatic N) is 3. The fraction of sp³-hybridized carbons (Fsp3) is 0.750. The number of likely N-dealkylation sites (tertiary alicyclic amines) is 1. The molecule has 0 radical (unpaired) electrons. The third-order valence-electron chi connectivity index (χ3n) is 3.93. The number of hydrogen-bond donors (Lipinski definition) is 1. The van der Waals surface area contributed by atoms with Crippen LogP contribution in [0.15, 0.2) is 0 Å². The third kappa shape index (κ3) is 1.94. The maximum absolute atomic E-state index is 12.2. The van der Waals surface area contributed by atoms with Crippen molar-refractivity contribution >= 4 is 5.91 Å². The number of carbonyl (C=O) groups is 1. The molecule has 1 aliphatic heterocycles. The Labute approximate surface area is 101 Å². The van der Waals surface area contributed by atoms with Crippen LogP contribution in [0, 0.1) is 11.8 Å². The Hall–Kier alpha value is -1.39. The predicted octanol–water partition coefficient (Wildman–Crippen LogP) is 1.41. The van der Waals surface area contributed by atoms with Crippen LogP contribution in [-0.2, 0) is 0 Å². The van der Waals surface area contributed by atoms with E-state index in [1.165, 1.54) is 12.8 Å². The molecule has 17 heavy (non-hydrogen) atoms. The van der Waals surface area contributed by atoms with Gasteiger partial charge in [-0.05, 0) is 24.7 Å². The van der Waals surface area contributed by atoms with Gasteiger partial charge in [0.05, 0.1) is 0 Å². The highest BCUT2D eigenvalue weighted by atomic mass is 16.2. The topological polar surface area (TPSA) is 61.9 Å². The summed E-state index contributed by atoms with van der Waals surface area (Å²) in [4.78, 5) is 18.4. The molecule has 2 fully saturated rings. The van der Waals surface area contributed by atoms with E-state index >= 15 is 0 Å². The third-order valence-corrected chi connectivity index (χ3v) is 3.93. The second-order valence-corrected chi connectivity index (χ2v) is 5.48. The van der Waals surface area contributed by atoms with Gasteiger partial charge in [-0.25, -0.2) is 4.98 Å². The van der Waals surface area contributed by atoms with Crippen molar-refractivity contribution in [2.24, 2.45) is 11.8 Å². The molecule has 1 aromatic rings. The summed E-state index contributed by atoms with van der Waals surface area (Å²) in [6, 6.07) is 0. The number of rotatable bonds is 2. The summed E-state index contributed by atoms with van der Waals surface area (Å²) in [5.74, 6) is 2.85. The molecule has 1 N–H and O–H groups in total. The first-order chi connectivity index (χ1) is 8.15. The molecular weight excluding hydrogens is 216 g/mol. The minimum atomic E-state index is -0.0237. The van der Waals surface area contributed by atoms with Gasteiger partial charge in [0.25, 0.3) is 5.91 Å². The van der Waals surface area contributed by atoms with E-state index in [0.29, 0.717) is 23.6 Å². The van der Waals surface area contributed by atoms with Gasteiger partial charge in [-0.3, -0.25) is 9.89 Å². The van der Waals surface area contributed by atoms with Gasteiger partial charge < -0.3 is 4.90 Å². The molecule has 1 aliphatic carbocycles. The summed E-state index contributed by atoms with van der Waals surface area (Å²) >= 11 is 0. The molecular formula is C12H18N4O. The lowest BCUT2D eigenvalue weighted by atomic mass is 10.0. The van der Waals surface area contributed by atoms with Crippen molar-refractivity contribution in [3.63, 3.8) is 0 Å². The summed E-state index contributed by atoms with van der Waals surface area (Å²) < 4.78 is 0. The Morgan fingerprint density at radius 2 is 1.94 bits per heavy atom. The lowest BCUT2D eigenvalue weighted by Crippen LogP contribution is -2.29. The second kappa shape index (κ2) is 3.82. The minimum absolute atomic E-state index is 0.0237. The van der Waals surface area contributed by atoms with Crippen molar-refractivity contribution in [2.45, 2.75) is 32.6 Å². The Balaban J connectivity index is 1.72. The number of hydrogen-bond acceptors (Lipinski definition) is 3. The van der Waals surface area contributed by atoms with E-state index in [4.69, 9.17) is 0 Å². The van der Waals surface area contributed by atoms with E-state index in [1.807, 2.05) is 4.90 Å². The van der Waals surface area contributed by atoms with Crippen LogP contribution in [0.5, 0.6) is 0 Å². The lowest BCUT2D eigenvalue weighted by molar-refractivity contribution is 0.0773. The highest BCUT2D eigenvalue weighted by Gasteiger charge is 2.33. The van der Waals surface area contributed by atoms with E-state index in [-0.39, 0.29) is 5.91 Å². The largest absolute Gasteiger partial charge is 0.335 e. The zero-order valence-corrected chi connectivity index (χ0v) is 10.3. The lowest BCUT2D eigenvalue weighted by Gasteiger charge is -2.13. The Kier molecular flexibility index (Phi) is 2.42. The molecule has 5 nitrogen and oxygen atoms in total. The van der Waals surface area contributed by atoms with Crippen molar-refractivity contribution in [1.29, 1.82) is 0 Å². The summed E-state index contributed by atoms with van der Waals surface area (Å²) in [6.07, 6.45) is 2.33. The van der Waals surface area contributed by atoms with Crippen LogP contribution in [0.25, 0.3) is 0 Å². The number of nitrogens with one attached hydrogen (secondary N) is 1. The van der Waals surface area contributed by atoms with Crippen LogP contribution in [0.4, 0.5) is 0 Å². The van der Waals surface area contributed by atoms with Crippen LogP contribution in [0.2, 0.25) is 0 Å². The van der Waals surface area contributed by atoms with Crippen LogP contribution < -0.4 is 0 Å². The van der Waals surface area contributed by atoms with Gasteiger partial charge in [-0.15, -0.1) is 5.10 Å². The molecule has 3 rings (SSSR count). The molecule has 0 bridgehead atoms. The second-order valence-electron chi connectivity index (χ2n) is 5.48. The average molecular weight is 234 g/mol. The van der Waals surface area contributed by atoms with Crippen molar-refractivity contribution < 1.29 is 4.79 Å². The number of aromatic amines is 1. The van der Waals surface area contributed by atoms with Crippen molar-refractivity contribution in [2.75, 3.05) is 13.1 Å². The molecule has 2 atom stereocenters. The first-order valence-electron chi connectivity index (χ1n) is 6.36. The smallest absolute Gasteiger partial charge is 0.293 e. The monoisotopic (exact) mass is 234 g/mol. The van der Waals surface area contributed by atoms with E-state index in [0.717, 1.165) is 18.9 Å². The number of amides is 1. The van der Waals surface area contributed by atoms with Crippen molar-refractivity contribution in [3.05, 3.63) is 11.6 Å². The van der Waals surface area contributed by atoms with Gasteiger partial charge >= 0.3 is 0 Å². The maximum Gasteiger partial charge on any atom is 0.293 e. The fourth-order valence-corrected chi connectivity index (χ4v) is 2.35. The van der Waals surface area contributed by atoms with E-state index < -0.39 is 0 Å². The predicted molar refractivity (Wildman–Crippen MR) is 62.6 cm³/mol. The van der Waals surface area contributed by atoms with Gasteiger partial charge in [0, 0.05) is 19.0 Å². The minimum Gasteiger partial charge on any atom is -0.335 e. The van der Waals surface area contributed by atoms with E-state index in [2.05, 4.69) is 29.0 Å². The van der Waals surface area contributed by atoms with E-state index in [1.54, 1.807) is 0 Å². The Morgan fingerprint density at radius 1 is 1.29 bits per heavy atom. The molecule has 1 saturated heterocycles. The average Bonchev–Trinajstić information content (AvgIpc) is 2.95. The number of carbonyl (C=O) groups excluding carboxylic acids is 1. The standard InChI is InChI=1S/C12H18N4O/c1-7-5-16(6-8(7)2)12(17)11-13-10(14-15-11)9-3-4-9/h7-9H,3-6H2,1-2H3,(H,13,14,15). The summed E-state index contributed by atoms with van der Waals surface area (Å²) in [7, 11) is 0. The number of H-pyrrole nitrogens is 1. The van der Waals surface area contributed by atoms with Gasteiger partial charge in [-0.1, -0.05) is 13.8 Å². The summed E-state index contributed by atoms with van der Waals surface area (Å²) in [6.45, 7) is 6.03. The van der Waals surface area contributed by atoms with Crippen LogP contribution in [-0.4, -0.2) is 39.1 Å². The van der Waals surface area contributed by atoms with Gasteiger partial charge in [0.2, 0.25) is 5.82 Å². The van der Waals surface area contributed by atoms with Crippen molar-refractivity contribution in [3.8, 4) is 0 Å². The molecule has 5 heteroatoms. The summed E-state index contributed by atoms with van der Waals surface area (Å²) in [5, 5.41) is 6.93. The molecule has 2 unspecified atom stereocenters. The highest BCUT2D eigenvalue weighted by Crippen LogP contribution is 2.37. The highest BCUT2D eigenvalue weighted by molar-refractivity contribution is 5.90. The molecule has 2 heterocycles. The van der Waals surface area contributed by atoms with Crippen molar-refractivity contribution in [1.82, 2.24) is 20.1 Å². The first kappa shape index (κ1) is 10.7. The molecule has 1 amide bonds. The normalized spacial score (nSPS) is 28.7. The number of aromatic nitrogens is 3. The molecule has 0 spiro atoms. The molecule has 1 saturated carbocycles. The molecule has 0 aromatic carbocycles. The SMILES string of the molecule is CC1CN(C(=O)c2n[nH]c(C3CC3)n2)CC1C. The molecule has 92 valence electrons. The fourth-order valence-electron chi connectivity index (χ4n) is 2.35. The van der Waals surface area contributed by atoms with E-state index in [9.17, 15) is 4.79 Å².